The molecule has 0 saturated heterocycles. The first-order valence-corrected chi connectivity index (χ1v) is 15.0. The number of alkyl halides is 3. The highest BCUT2D eigenvalue weighted by Gasteiger charge is 2.35. The van der Waals surface area contributed by atoms with E-state index in [2.05, 4.69) is 5.32 Å². The first-order chi connectivity index (χ1) is 19.3. The zero-order valence-electron chi connectivity index (χ0n) is 23.1. The van der Waals surface area contributed by atoms with Gasteiger partial charge in [-0.15, -0.1) is 0 Å². The molecule has 0 fully saturated rings. The molecule has 2 atom stereocenters. The van der Waals surface area contributed by atoms with Crippen LogP contribution in [0.2, 0.25) is 0 Å². The lowest BCUT2D eigenvalue weighted by Crippen LogP contribution is -2.54. The van der Waals surface area contributed by atoms with E-state index in [1.54, 1.807) is 42.5 Å². The Bertz CT molecular complexity index is 1420. The number of carbonyl (C=O) groups excluding carboxylic acids is 2. The average molecular weight is 590 g/mol. The molecule has 0 aliphatic heterocycles. The third-order valence-electron chi connectivity index (χ3n) is 6.61. The van der Waals surface area contributed by atoms with Gasteiger partial charge in [-0.2, -0.15) is 13.2 Å². The van der Waals surface area contributed by atoms with Crippen molar-refractivity contribution in [1.29, 1.82) is 0 Å². The second-order valence-corrected chi connectivity index (χ2v) is 11.8. The van der Waals surface area contributed by atoms with Gasteiger partial charge >= 0.3 is 6.18 Å². The summed E-state index contributed by atoms with van der Waals surface area (Å²) < 4.78 is 66.4. The van der Waals surface area contributed by atoms with Crippen LogP contribution in [0, 0.1) is 0 Å². The molecular weight excluding hydrogens is 555 g/mol. The molecule has 0 unspecified atom stereocenters. The van der Waals surface area contributed by atoms with Crippen LogP contribution in [0.25, 0.3) is 0 Å². The van der Waals surface area contributed by atoms with Crippen LogP contribution < -0.4 is 9.62 Å². The molecule has 11 heteroatoms. The Balaban J connectivity index is 2.06. The Labute approximate surface area is 239 Å². The minimum atomic E-state index is -4.71. The number of hydrogen-bond acceptors (Lipinski definition) is 4. The van der Waals surface area contributed by atoms with E-state index >= 15 is 0 Å². The van der Waals surface area contributed by atoms with Gasteiger partial charge in [0.25, 0.3) is 0 Å². The minimum absolute atomic E-state index is 0.0225. The fourth-order valence-corrected chi connectivity index (χ4v) is 5.07. The van der Waals surface area contributed by atoms with E-state index < -0.39 is 46.2 Å². The van der Waals surface area contributed by atoms with Gasteiger partial charge in [0.1, 0.15) is 12.6 Å². The molecule has 0 saturated carbocycles. The SMILES string of the molecule is CC[C@H](C)NC(=O)[C@@H](Cc1ccccc1)N(Cc1ccccc1)C(=O)CN(c1cccc(C(F)(F)F)c1)S(C)(=O)=O. The number of hydrogen-bond donors (Lipinski definition) is 1. The van der Waals surface area contributed by atoms with Gasteiger partial charge in [-0.05, 0) is 42.7 Å². The van der Waals surface area contributed by atoms with Crippen LogP contribution >= 0.6 is 0 Å². The Morgan fingerprint density at radius 3 is 2.02 bits per heavy atom. The maximum Gasteiger partial charge on any atom is 0.416 e. The second kappa shape index (κ2) is 13.7. The Hall–Kier alpha value is -3.86. The molecule has 0 aliphatic rings. The summed E-state index contributed by atoms with van der Waals surface area (Å²) in [6, 6.07) is 20.5. The van der Waals surface area contributed by atoms with Crippen molar-refractivity contribution in [3.8, 4) is 0 Å². The number of nitrogens with zero attached hydrogens (tertiary/aromatic N) is 2. The van der Waals surface area contributed by atoms with Gasteiger partial charge in [0.05, 0.1) is 17.5 Å². The molecule has 0 aliphatic carbocycles. The van der Waals surface area contributed by atoms with Crippen molar-refractivity contribution in [3.05, 3.63) is 102 Å². The molecular formula is C30H34F3N3O4S. The highest BCUT2D eigenvalue weighted by Crippen LogP contribution is 2.32. The molecule has 1 N–H and O–H groups in total. The van der Waals surface area contributed by atoms with E-state index in [-0.39, 0.29) is 24.7 Å². The van der Waals surface area contributed by atoms with Crippen molar-refractivity contribution in [1.82, 2.24) is 10.2 Å². The van der Waals surface area contributed by atoms with Gasteiger partial charge in [0.15, 0.2) is 0 Å². The van der Waals surface area contributed by atoms with E-state index in [0.717, 1.165) is 24.0 Å². The van der Waals surface area contributed by atoms with Crippen molar-refractivity contribution in [2.45, 2.75) is 51.5 Å². The number of sulfonamides is 1. The Morgan fingerprint density at radius 1 is 0.902 bits per heavy atom. The third-order valence-corrected chi connectivity index (χ3v) is 7.75. The fraction of sp³-hybridized carbons (Fsp3) is 0.333. The standard InChI is InChI=1S/C30H34F3N3O4S/c1-4-22(2)34-29(38)27(18-23-12-7-5-8-13-23)35(20-24-14-9-6-10-15-24)28(37)21-36(41(3,39)40)26-17-11-16-25(19-26)30(31,32)33/h5-17,19,22,27H,4,18,20-21H2,1-3H3,(H,34,38)/t22-,27+/m0/s1. The van der Waals surface area contributed by atoms with Crippen LogP contribution in [-0.4, -0.2) is 50.0 Å². The maximum atomic E-state index is 14.0. The molecule has 0 radical (unpaired) electrons. The molecule has 0 spiro atoms. The normalized spacial score (nSPS) is 13.2. The third kappa shape index (κ3) is 9.07. The molecule has 7 nitrogen and oxygen atoms in total. The van der Waals surface area contributed by atoms with Crippen LogP contribution in [0.5, 0.6) is 0 Å². The zero-order chi connectivity index (χ0) is 30.2. The van der Waals surface area contributed by atoms with E-state index in [1.807, 2.05) is 32.0 Å². The molecule has 0 heterocycles. The van der Waals surface area contributed by atoms with Crippen LogP contribution in [0.1, 0.15) is 37.0 Å². The van der Waals surface area contributed by atoms with E-state index in [0.29, 0.717) is 22.4 Å². The number of benzene rings is 3. The highest BCUT2D eigenvalue weighted by molar-refractivity contribution is 7.92. The predicted molar refractivity (Wildman–Crippen MR) is 152 cm³/mol. The summed E-state index contributed by atoms with van der Waals surface area (Å²) in [6.07, 6.45) is -3.10. The van der Waals surface area contributed by atoms with Crippen molar-refractivity contribution in [3.63, 3.8) is 0 Å². The van der Waals surface area contributed by atoms with Crippen molar-refractivity contribution in [2.75, 3.05) is 17.1 Å². The predicted octanol–water partition coefficient (Wildman–Crippen LogP) is 5.03. The minimum Gasteiger partial charge on any atom is -0.352 e. The molecule has 3 aromatic rings. The number of anilines is 1. The molecule has 41 heavy (non-hydrogen) atoms. The summed E-state index contributed by atoms with van der Waals surface area (Å²) >= 11 is 0. The smallest absolute Gasteiger partial charge is 0.352 e. The van der Waals surface area contributed by atoms with Crippen molar-refractivity contribution < 1.29 is 31.2 Å². The summed E-state index contributed by atoms with van der Waals surface area (Å²) in [5, 5.41) is 2.92. The van der Waals surface area contributed by atoms with E-state index in [4.69, 9.17) is 0 Å². The molecule has 220 valence electrons. The van der Waals surface area contributed by atoms with Gasteiger partial charge in [-0.1, -0.05) is 73.7 Å². The molecule has 0 bridgehead atoms. The summed E-state index contributed by atoms with van der Waals surface area (Å²) in [6.45, 7) is 2.92. The first-order valence-electron chi connectivity index (χ1n) is 13.1. The second-order valence-electron chi connectivity index (χ2n) is 9.85. The Morgan fingerprint density at radius 2 is 1.49 bits per heavy atom. The van der Waals surface area contributed by atoms with Gasteiger partial charge in [0, 0.05) is 19.0 Å². The van der Waals surface area contributed by atoms with Gasteiger partial charge in [0.2, 0.25) is 21.8 Å². The number of halogens is 3. The summed E-state index contributed by atoms with van der Waals surface area (Å²) in [4.78, 5) is 28.9. The average Bonchev–Trinajstić information content (AvgIpc) is 2.93. The quantitative estimate of drug-likeness (QED) is 0.321. The number of amides is 2. The Kier molecular flexibility index (Phi) is 10.6. The fourth-order valence-electron chi connectivity index (χ4n) is 4.23. The summed E-state index contributed by atoms with van der Waals surface area (Å²) in [7, 11) is -4.19. The number of rotatable bonds is 12. The maximum absolute atomic E-state index is 14.0. The van der Waals surface area contributed by atoms with Gasteiger partial charge in [-0.3, -0.25) is 13.9 Å². The van der Waals surface area contributed by atoms with Gasteiger partial charge in [-0.25, -0.2) is 8.42 Å². The van der Waals surface area contributed by atoms with E-state index in [1.165, 1.54) is 11.0 Å². The summed E-state index contributed by atoms with van der Waals surface area (Å²) in [5.74, 6) is -1.16. The first kappa shape index (κ1) is 31.7. The summed E-state index contributed by atoms with van der Waals surface area (Å²) in [5.41, 5.74) is 0.117. The lowest BCUT2D eigenvalue weighted by atomic mass is 10.0. The number of carbonyl (C=O) groups is 2. The number of nitrogens with one attached hydrogen (secondary N) is 1. The van der Waals surface area contributed by atoms with E-state index in [9.17, 15) is 31.2 Å². The largest absolute Gasteiger partial charge is 0.416 e. The lowest BCUT2D eigenvalue weighted by molar-refractivity contribution is -0.140. The molecule has 3 aromatic carbocycles. The topological polar surface area (TPSA) is 86.8 Å². The van der Waals surface area contributed by atoms with Crippen LogP contribution in [0.4, 0.5) is 18.9 Å². The van der Waals surface area contributed by atoms with Crippen LogP contribution in [-0.2, 0) is 38.8 Å². The monoisotopic (exact) mass is 589 g/mol. The molecule has 3 rings (SSSR count). The van der Waals surface area contributed by atoms with Crippen LogP contribution in [0.3, 0.4) is 0 Å². The lowest BCUT2D eigenvalue weighted by Gasteiger charge is -2.34. The van der Waals surface area contributed by atoms with Gasteiger partial charge < -0.3 is 10.2 Å². The van der Waals surface area contributed by atoms with Crippen molar-refractivity contribution >= 4 is 27.5 Å². The highest BCUT2D eigenvalue weighted by atomic mass is 32.2. The zero-order valence-corrected chi connectivity index (χ0v) is 24.0. The molecule has 2 amide bonds. The molecule has 0 aromatic heterocycles. The van der Waals surface area contributed by atoms with Crippen molar-refractivity contribution in [2.24, 2.45) is 0 Å². The van der Waals surface area contributed by atoms with Crippen LogP contribution in [0.15, 0.2) is 84.9 Å².